The molecule has 0 radical (unpaired) electrons. The van der Waals surface area contributed by atoms with Gasteiger partial charge in [-0.15, -0.1) is 0 Å². The summed E-state index contributed by atoms with van der Waals surface area (Å²) in [5, 5.41) is 0. The number of rotatable bonds is 8. The first-order chi connectivity index (χ1) is 12.1. The molecule has 0 spiro atoms. The Morgan fingerprint density at radius 3 is 2.40 bits per heavy atom. The summed E-state index contributed by atoms with van der Waals surface area (Å²) < 4.78 is 19.1. The molecular weight excluding hydrogens is 328 g/mol. The molecule has 1 aromatic rings. The van der Waals surface area contributed by atoms with E-state index in [0.717, 1.165) is 30.3 Å². The van der Waals surface area contributed by atoms with Crippen molar-refractivity contribution in [3.8, 4) is 0 Å². The highest BCUT2D eigenvalue weighted by molar-refractivity contribution is 6.73. The van der Waals surface area contributed by atoms with Crippen LogP contribution in [0.2, 0.25) is 18.1 Å². The summed E-state index contributed by atoms with van der Waals surface area (Å²) in [6.45, 7) is 9.74. The van der Waals surface area contributed by atoms with Gasteiger partial charge in [0, 0.05) is 12.3 Å². The van der Waals surface area contributed by atoms with Gasteiger partial charge >= 0.3 is 0 Å². The van der Waals surface area contributed by atoms with Crippen molar-refractivity contribution >= 4 is 8.32 Å². The van der Waals surface area contributed by atoms with E-state index < -0.39 is 8.32 Å². The molecule has 0 unspecified atom stereocenters. The van der Waals surface area contributed by atoms with Crippen molar-refractivity contribution in [3.05, 3.63) is 47.7 Å². The zero-order chi connectivity index (χ0) is 17.9. The van der Waals surface area contributed by atoms with E-state index in [4.69, 9.17) is 13.9 Å². The van der Waals surface area contributed by atoms with Gasteiger partial charge in [-0.1, -0.05) is 58.0 Å². The maximum atomic E-state index is 6.66. The van der Waals surface area contributed by atoms with Crippen molar-refractivity contribution in [2.24, 2.45) is 5.92 Å². The molecule has 138 valence electrons. The Kier molecular flexibility index (Phi) is 6.03. The molecule has 4 heteroatoms. The van der Waals surface area contributed by atoms with Gasteiger partial charge in [0.25, 0.3) is 0 Å². The van der Waals surface area contributed by atoms with E-state index in [1.807, 2.05) is 6.07 Å². The molecule has 1 aromatic carbocycles. The predicted molar refractivity (Wildman–Crippen MR) is 104 cm³/mol. The maximum Gasteiger partial charge on any atom is 0.250 e. The van der Waals surface area contributed by atoms with Gasteiger partial charge in [0.1, 0.15) is 11.9 Å². The molecule has 1 saturated heterocycles. The van der Waals surface area contributed by atoms with Gasteiger partial charge in [-0.05, 0) is 29.8 Å². The van der Waals surface area contributed by atoms with Crippen LogP contribution in [0.1, 0.15) is 39.7 Å². The monoisotopic (exact) mass is 360 g/mol. The highest BCUT2D eigenvalue weighted by Gasteiger charge is 2.45. The Balaban J connectivity index is 1.64. The lowest BCUT2D eigenvalue weighted by molar-refractivity contribution is -0.120. The second-order valence-corrected chi connectivity index (χ2v) is 12.1. The van der Waals surface area contributed by atoms with Crippen molar-refractivity contribution in [2.75, 3.05) is 0 Å². The predicted octanol–water partition coefficient (Wildman–Crippen LogP) is 5.28. The molecule has 2 aliphatic rings. The molecule has 4 atom stereocenters. The Bertz CT molecular complexity index is 574. The smallest absolute Gasteiger partial charge is 0.250 e. The summed E-state index contributed by atoms with van der Waals surface area (Å²) in [7, 11) is -1.65. The number of fused-ring (bicyclic) bond motifs is 2. The molecule has 3 rings (SSSR count). The maximum absolute atomic E-state index is 6.66. The minimum absolute atomic E-state index is 0.0658. The molecule has 0 aliphatic carbocycles. The number of hydrogen-bond donors (Lipinski definition) is 0. The summed E-state index contributed by atoms with van der Waals surface area (Å²) in [6, 6.07) is 13.9. The van der Waals surface area contributed by atoms with E-state index in [0.29, 0.717) is 12.5 Å². The van der Waals surface area contributed by atoms with Crippen LogP contribution in [0, 0.1) is 5.92 Å². The van der Waals surface area contributed by atoms with E-state index in [-0.39, 0.29) is 18.3 Å². The third-order valence-electron chi connectivity index (χ3n) is 6.05. The molecule has 0 aromatic heterocycles. The van der Waals surface area contributed by atoms with Crippen molar-refractivity contribution < 1.29 is 13.9 Å². The summed E-state index contributed by atoms with van der Waals surface area (Å²) in [5.41, 5.74) is 1.23. The standard InChI is InChI=1S/C21H32O3Si/c1-5-25(6-2,7-3)24-20-14-18-13-19(16(4)21(20)23-18)22-15-17-11-9-8-10-12-17/h8-12,14,16,18-19,21H,5-7,13,15H2,1-4H3/t16-,18-,19+,21+/m1/s1. The molecule has 2 aliphatic heterocycles. The van der Waals surface area contributed by atoms with E-state index in [9.17, 15) is 0 Å². The van der Waals surface area contributed by atoms with Crippen LogP contribution in [-0.2, 0) is 20.5 Å². The van der Waals surface area contributed by atoms with E-state index in [1.54, 1.807) is 0 Å². The minimum atomic E-state index is -1.65. The molecule has 2 bridgehead atoms. The largest absolute Gasteiger partial charge is 0.545 e. The molecule has 25 heavy (non-hydrogen) atoms. The second kappa shape index (κ2) is 8.06. The fourth-order valence-corrected chi connectivity index (χ4v) is 6.64. The van der Waals surface area contributed by atoms with Crippen LogP contribution < -0.4 is 0 Å². The Morgan fingerprint density at radius 2 is 1.76 bits per heavy atom. The number of hydrogen-bond acceptors (Lipinski definition) is 3. The number of benzene rings is 1. The zero-order valence-electron chi connectivity index (χ0n) is 16.0. The first-order valence-electron chi connectivity index (χ1n) is 9.82. The SMILES string of the molecule is CC[Si](CC)(CC)OC1=C[C@H]2C[C@H](OCc3ccccc3)[C@@H](C)[C@@H]1O2. The van der Waals surface area contributed by atoms with E-state index >= 15 is 0 Å². The molecule has 0 saturated carbocycles. The summed E-state index contributed by atoms with van der Waals surface area (Å²) in [6.07, 6.45) is 3.60. The van der Waals surface area contributed by atoms with Gasteiger partial charge in [-0.25, -0.2) is 0 Å². The third kappa shape index (κ3) is 4.02. The van der Waals surface area contributed by atoms with Crippen molar-refractivity contribution in [2.45, 2.75) is 77.2 Å². The third-order valence-corrected chi connectivity index (χ3v) is 10.6. The number of ether oxygens (including phenoxy) is 2. The van der Waals surface area contributed by atoms with E-state index in [1.165, 1.54) is 5.56 Å². The first kappa shape index (κ1) is 18.7. The summed E-state index contributed by atoms with van der Waals surface area (Å²) in [4.78, 5) is 0. The molecule has 3 nitrogen and oxygen atoms in total. The minimum Gasteiger partial charge on any atom is -0.545 e. The van der Waals surface area contributed by atoms with Crippen molar-refractivity contribution in [3.63, 3.8) is 0 Å². The van der Waals surface area contributed by atoms with Crippen molar-refractivity contribution in [1.82, 2.24) is 0 Å². The molecular formula is C21H32O3Si. The zero-order valence-corrected chi connectivity index (χ0v) is 17.0. The van der Waals surface area contributed by atoms with Gasteiger partial charge < -0.3 is 13.9 Å². The lowest BCUT2D eigenvalue weighted by Crippen LogP contribution is -2.43. The van der Waals surface area contributed by atoms with Crippen LogP contribution in [0.3, 0.4) is 0 Å². The first-order valence-corrected chi connectivity index (χ1v) is 12.4. The van der Waals surface area contributed by atoms with Gasteiger partial charge in [-0.3, -0.25) is 0 Å². The summed E-state index contributed by atoms with van der Waals surface area (Å²) in [5.74, 6) is 1.42. The van der Waals surface area contributed by atoms with Gasteiger partial charge in [-0.2, -0.15) is 0 Å². The highest BCUT2D eigenvalue weighted by Crippen LogP contribution is 2.40. The Labute approximate surface area is 153 Å². The van der Waals surface area contributed by atoms with E-state index in [2.05, 4.69) is 58.0 Å². The van der Waals surface area contributed by atoms with Crippen LogP contribution in [0.4, 0.5) is 0 Å². The average Bonchev–Trinajstić information content (AvgIpc) is 3.00. The fraction of sp³-hybridized carbons (Fsp3) is 0.619. The quantitative estimate of drug-likeness (QED) is 0.590. The second-order valence-electron chi connectivity index (χ2n) is 7.44. The molecule has 2 heterocycles. The van der Waals surface area contributed by atoms with Crippen LogP contribution in [0.15, 0.2) is 42.2 Å². The fourth-order valence-electron chi connectivity index (χ4n) is 4.02. The Morgan fingerprint density at radius 1 is 1.08 bits per heavy atom. The normalized spacial score (nSPS) is 28.7. The lowest BCUT2D eigenvalue weighted by atomic mass is 9.93. The average molecular weight is 361 g/mol. The topological polar surface area (TPSA) is 27.7 Å². The van der Waals surface area contributed by atoms with Crippen LogP contribution >= 0.6 is 0 Å². The van der Waals surface area contributed by atoms with Crippen LogP contribution in [0.25, 0.3) is 0 Å². The lowest BCUT2D eigenvalue weighted by Gasteiger charge is -2.37. The van der Waals surface area contributed by atoms with Gasteiger partial charge in [0.15, 0.2) is 0 Å². The Hall–Kier alpha value is -1.10. The molecule has 0 amide bonds. The summed E-state index contributed by atoms with van der Waals surface area (Å²) >= 11 is 0. The van der Waals surface area contributed by atoms with Gasteiger partial charge in [0.05, 0.1) is 18.8 Å². The molecule has 1 fully saturated rings. The highest BCUT2D eigenvalue weighted by atomic mass is 28.4. The molecule has 0 N–H and O–H groups in total. The van der Waals surface area contributed by atoms with Crippen LogP contribution in [0.5, 0.6) is 0 Å². The van der Waals surface area contributed by atoms with Crippen LogP contribution in [-0.4, -0.2) is 26.6 Å². The van der Waals surface area contributed by atoms with Crippen molar-refractivity contribution in [1.29, 1.82) is 0 Å². The van der Waals surface area contributed by atoms with Gasteiger partial charge in [0.2, 0.25) is 8.32 Å².